The molecule has 1 amide bonds. The molecule has 33 heavy (non-hydrogen) atoms. The summed E-state index contributed by atoms with van der Waals surface area (Å²) in [6.07, 6.45) is 0.391. The van der Waals surface area contributed by atoms with Gasteiger partial charge in [-0.05, 0) is 36.4 Å². The van der Waals surface area contributed by atoms with Crippen LogP contribution in [0.1, 0.15) is 18.2 Å². The van der Waals surface area contributed by atoms with E-state index in [1.54, 1.807) is 12.0 Å². The number of anilines is 1. The van der Waals surface area contributed by atoms with Crippen LogP contribution in [0, 0.1) is 0 Å². The summed E-state index contributed by atoms with van der Waals surface area (Å²) < 4.78 is 13.6. The van der Waals surface area contributed by atoms with Gasteiger partial charge in [0.05, 0.1) is 35.4 Å². The lowest BCUT2D eigenvalue weighted by atomic mass is 10.1. The molecule has 168 valence electrons. The van der Waals surface area contributed by atoms with E-state index in [2.05, 4.69) is 10.6 Å². The number of hydrogen-bond acceptors (Lipinski definition) is 4. The molecule has 4 aromatic rings. The number of rotatable bonds is 7. The van der Waals surface area contributed by atoms with Gasteiger partial charge in [-0.25, -0.2) is 4.98 Å². The van der Waals surface area contributed by atoms with Crippen LogP contribution in [-0.2, 0) is 11.3 Å². The summed E-state index contributed by atoms with van der Waals surface area (Å²) in [5, 5.41) is 0.574. The second-order valence-electron chi connectivity index (χ2n) is 7.97. The van der Waals surface area contributed by atoms with Crippen molar-refractivity contribution in [2.24, 2.45) is 0 Å². The van der Waals surface area contributed by atoms with E-state index in [0.29, 0.717) is 42.6 Å². The minimum atomic E-state index is -0.0348. The number of nitrogens with zero attached hydrogens (tertiary/aromatic N) is 3. The molecular formula is C26H24ClN3O3. The number of methoxy groups -OCH3 is 1. The van der Waals surface area contributed by atoms with E-state index in [1.807, 2.05) is 66.7 Å². The van der Waals surface area contributed by atoms with Crippen molar-refractivity contribution in [1.82, 2.24) is 9.55 Å². The topological polar surface area (TPSA) is 56.6 Å². The van der Waals surface area contributed by atoms with Gasteiger partial charge in [-0.15, -0.1) is 0 Å². The third kappa shape index (κ3) is 4.14. The average molecular weight is 462 g/mol. The van der Waals surface area contributed by atoms with Gasteiger partial charge >= 0.3 is 0 Å². The molecule has 0 unspecified atom stereocenters. The van der Waals surface area contributed by atoms with Crippen LogP contribution in [0.4, 0.5) is 5.69 Å². The third-order valence-electron chi connectivity index (χ3n) is 5.96. The van der Waals surface area contributed by atoms with Crippen LogP contribution in [0.2, 0.25) is 5.02 Å². The van der Waals surface area contributed by atoms with E-state index in [0.717, 1.165) is 22.5 Å². The van der Waals surface area contributed by atoms with Crippen molar-refractivity contribution in [2.45, 2.75) is 18.9 Å². The van der Waals surface area contributed by atoms with E-state index in [4.69, 9.17) is 26.1 Å². The van der Waals surface area contributed by atoms with Crippen LogP contribution < -0.4 is 14.4 Å². The van der Waals surface area contributed by atoms with E-state index < -0.39 is 0 Å². The Balaban J connectivity index is 1.41. The largest absolute Gasteiger partial charge is 0.493 e. The van der Waals surface area contributed by atoms with Crippen molar-refractivity contribution in [3.05, 3.63) is 83.6 Å². The molecule has 1 atom stereocenters. The van der Waals surface area contributed by atoms with Crippen LogP contribution >= 0.6 is 11.6 Å². The Hall–Kier alpha value is -3.51. The molecule has 5 rings (SSSR count). The first-order valence-electron chi connectivity index (χ1n) is 10.9. The summed E-state index contributed by atoms with van der Waals surface area (Å²) in [7, 11) is 1.63. The molecule has 0 aliphatic carbocycles. The fourth-order valence-electron chi connectivity index (χ4n) is 4.41. The summed E-state index contributed by atoms with van der Waals surface area (Å²) in [6.45, 7) is 1.59. The number of carbonyl (C=O) groups is 1. The highest BCUT2D eigenvalue weighted by Crippen LogP contribution is 2.36. The average Bonchev–Trinajstić information content (AvgIpc) is 3.40. The zero-order chi connectivity index (χ0) is 22.8. The maximum absolute atomic E-state index is 12.9. The molecule has 1 saturated heterocycles. The predicted octanol–water partition coefficient (Wildman–Crippen LogP) is 5.30. The van der Waals surface area contributed by atoms with Crippen LogP contribution in [0.5, 0.6) is 11.5 Å². The smallest absolute Gasteiger partial charge is 0.227 e. The summed E-state index contributed by atoms with van der Waals surface area (Å²) in [6, 6.07) is 23.1. The highest BCUT2D eigenvalue weighted by Gasteiger charge is 2.35. The summed E-state index contributed by atoms with van der Waals surface area (Å²) >= 11 is 6.37. The fraction of sp³-hybridized carbons (Fsp3) is 0.231. The number of amides is 1. The van der Waals surface area contributed by atoms with E-state index in [9.17, 15) is 4.79 Å². The van der Waals surface area contributed by atoms with Crippen molar-refractivity contribution in [3.63, 3.8) is 0 Å². The summed E-state index contributed by atoms with van der Waals surface area (Å²) in [5.74, 6) is 2.31. The zero-order valence-electron chi connectivity index (χ0n) is 18.3. The van der Waals surface area contributed by atoms with Crippen molar-refractivity contribution in [1.29, 1.82) is 0 Å². The molecule has 0 spiro atoms. The maximum atomic E-state index is 12.9. The summed E-state index contributed by atoms with van der Waals surface area (Å²) in [4.78, 5) is 19.6. The van der Waals surface area contributed by atoms with Gasteiger partial charge in [0.2, 0.25) is 5.91 Å². The SMILES string of the molecule is COc1ccccc1OCCn1c([C@@H]2CC(=O)N(c3ccccc3Cl)C2)nc2ccccc21. The number of para-hydroxylation sites is 5. The van der Waals surface area contributed by atoms with Gasteiger partial charge in [-0.1, -0.05) is 48.0 Å². The highest BCUT2D eigenvalue weighted by molar-refractivity contribution is 6.33. The molecule has 2 heterocycles. The molecule has 0 N–H and O–H groups in total. The first kappa shape index (κ1) is 21.3. The highest BCUT2D eigenvalue weighted by atomic mass is 35.5. The standard InChI is InChI=1S/C26H24ClN3O3/c1-32-23-12-6-7-13-24(23)33-15-14-29-22-11-5-3-9-20(22)28-26(29)18-16-25(31)30(17-18)21-10-4-2-8-19(21)27/h2-13,18H,14-17H2,1H3/t18-/m1/s1. The maximum Gasteiger partial charge on any atom is 0.227 e. The minimum Gasteiger partial charge on any atom is -0.493 e. The Morgan fingerprint density at radius 3 is 2.55 bits per heavy atom. The van der Waals surface area contributed by atoms with Gasteiger partial charge in [-0.2, -0.15) is 0 Å². The Morgan fingerprint density at radius 1 is 1.00 bits per heavy atom. The van der Waals surface area contributed by atoms with Gasteiger partial charge in [0.15, 0.2) is 11.5 Å². The fourth-order valence-corrected chi connectivity index (χ4v) is 4.65. The number of imidazole rings is 1. The minimum absolute atomic E-state index is 0.0348. The number of fused-ring (bicyclic) bond motifs is 1. The molecule has 1 fully saturated rings. The number of benzene rings is 3. The van der Waals surface area contributed by atoms with Crippen LogP contribution in [-0.4, -0.2) is 35.7 Å². The lowest BCUT2D eigenvalue weighted by Gasteiger charge is -2.18. The lowest BCUT2D eigenvalue weighted by Crippen LogP contribution is -2.25. The van der Waals surface area contributed by atoms with Crippen LogP contribution in [0.25, 0.3) is 11.0 Å². The van der Waals surface area contributed by atoms with Gasteiger partial charge in [-0.3, -0.25) is 4.79 Å². The monoisotopic (exact) mass is 461 g/mol. The Labute approximate surface area is 197 Å². The number of hydrogen-bond donors (Lipinski definition) is 0. The molecular weight excluding hydrogens is 438 g/mol. The van der Waals surface area contributed by atoms with Gasteiger partial charge in [0.25, 0.3) is 0 Å². The van der Waals surface area contributed by atoms with Crippen molar-refractivity contribution < 1.29 is 14.3 Å². The number of ether oxygens (including phenoxy) is 2. The Kier molecular flexibility index (Phi) is 5.92. The molecule has 0 radical (unpaired) electrons. The summed E-state index contributed by atoms with van der Waals surface area (Å²) in [5.41, 5.74) is 2.68. The van der Waals surface area contributed by atoms with Gasteiger partial charge in [0.1, 0.15) is 12.4 Å². The number of aromatic nitrogens is 2. The predicted molar refractivity (Wildman–Crippen MR) is 129 cm³/mol. The van der Waals surface area contributed by atoms with E-state index in [-0.39, 0.29) is 11.8 Å². The molecule has 6 nitrogen and oxygen atoms in total. The second kappa shape index (κ2) is 9.16. The molecule has 1 aliphatic rings. The first-order valence-corrected chi connectivity index (χ1v) is 11.3. The van der Waals surface area contributed by atoms with Gasteiger partial charge in [0, 0.05) is 18.9 Å². The van der Waals surface area contributed by atoms with Crippen LogP contribution in [0.15, 0.2) is 72.8 Å². The van der Waals surface area contributed by atoms with Crippen molar-refractivity contribution in [2.75, 3.05) is 25.2 Å². The van der Waals surface area contributed by atoms with Crippen molar-refractivity contribution >= 4 is 34.2 Å². The lowest BCUT2D eigenvalue weighted by molar-refractivity contribution is -0.117. The molecule has 0 saturated carbocycles. The molecule has 7 heteroatoms. The van der Waals surface area contributed by atoms with E-state index >= 15 is 0 Å². The Bertz CT molecular complexity index is 1300. The number of carbonyl (C=O) groups excluding carboxylic acids is 1. The second-order valence-corrected chi connectivity index (χ2v) is 8.37. The normalized spacial score (nSPS) is 15.9. The van der Waals surface area contributed by atoms with Crippen LogP contribution in [0.3, 0.4) is 0 Å². The molecule has 1 aromatic heterocycles. The Morgan fingerprint density at radius 2 is 1.73 bits per heavy atom. The first-order chi connectivity index (χ1) is 16.2. The molecule has 1 aliphatic heterocycles. The molecule has 3 aromatic carbocycles. The van der Waals surface area contributed by atoms with E-state index in [1.165, 1.54) is 0 Å². The zero-order valence-corrected chi connectivity index (χ0v) is 19.0. The third-order valence-corrected chi connectivity index (χ3v) is 6.28. The quantitative estimate of drug-likeness (QED) is 0.375. The van der Waals surface area contributed by atoms with Crippen molar-refractivity contribution in [3.8, 4) is 11.5 Å². The molecule has 0 bridgehead atoms. The van der Waals surface area contributed by atoms with Gasteiger partial charge < -0.3 is 18.9 Å². The number of halogens is 1.